The summed E-state index contributed by atoms with van der Waals surface area (Å²) in [5.41, 5.74) is 1.17. The molecule has 0 radical (unpaired) electrons. The maximum Gasteiger partial charge on any atom is 0.260 e. The van der Waals surface area contributed by atoms with Crippen molar-refractivity contribution in [2.24, 2.45) is 0 Å². The van der Waals surface area contributed by atoms with Crippen LogP contribution in [0, 0.1) is 5.82 Å². The molecule has 0 unspecified atom stereocenters. The van der Waals surface area contributed by atoms with Crippen LogP contribution in [0.3, 0.4) is 0 Å². The lowest BCUT2D eigenvalue weighted by atomic mass is 10.2. The summed E-state index contributed by atoms with van der Waals surface area (Å²) in [4.78, 5) is 23.3. The highest BCUT2D eigenvalue weighted by atomic mass is 35.5. The largest absolute Gasteiger partial charge is 0.337 e. The number of amides is 1. The van der Waals surface area contributed by atoms with E-state index in [9.17, 15) is 9.18 Å². The first-order chi connectivity index (χ1) is 13.2. The van der Waals surface area contributed by atoms with Crippen LogP contribution in [0.4, 0.5) is 9.52 Å². The lowest BCUT2D eigenvalue weighted by Gasteiger charge is -2.20. The number of thiazole rings is 1. The molecule has 2 aromatic carbocycles. The molecule has 0 spiro atoms. The van der Waals surface area contributed by atoms with E-state index in [1.54, 1.807) is 29.6 Å². The number of fused-ring (bicyclic) bond motifs is 1. The number of para-hydroxylation sites is 1. The SMILES string of the molecule is Cl.O=C(c1cccc(F)c1)N(CCCn1ccnc1)c1nc2ccccc2s1. The first-order valence-electron chi connectivity index (χ1n) is 8.59. The predicted octanol–water partition coefficient (Wildman–Crippen LogP) is 4.79. The molecule has 1 amide bonds. The van der Waals surface area contributed by atoms with E-state index in [-0.39, 0.29) is 18.3 Å². The Hall–Kier alpha value is -2.77. The molecule has 5 nitrogen and oxygen atoms in total. The zero-order chi connectivity index (χ0) is 18.6. The van der Waals surface area contributed by atoms with E-state index in [0.29, 0.717) is 17.2 Å². The van der Waals surface area contributed by atoms with Crippen LogP contribution in [-0.4, -0.2) is 27.0 Å². The first-order valence-corrected chi connectivity index (χ1v) is 9.41. The van der Waals surface area contributed by atoms with Gasteiger partial charge in [-0.2, -0.15) is 0 Å². The number of rotatable bonds is 6. The van der Waals surface area contributed by atoms with Crippen molar-refractivity contribution in [3.05, 3.63) is 78.6 Å². The van der Waals surface area contributed by atoms with Gasteiger partial charge in [0.2, 0.25) is 0 Å². The van der Waals surface area contributed by atoms with Crippen molar-refractivity contribution < 1.29 is 9.18 Å². The van der Waals surface area contributed by atoms with Crippen LogP contribution in [0.1, 0.15) is 16.8 Å². The van der Waals surface area contributed by atoms with Crippen molar-refractivity contribution in [1.82, 2.24) is 14.5 Å². The average molecular weight is 417 g/mol. The Labute approximate surface area is 171 Å². The zero-order valence-electron chi connectivity index (χ0n) is 14.9. The molecule has 0 fully saturated rings. The van der Waals surface area contributed by atoms with E-state index in [4.69, 9.17) is 0 Å². The number of benzene rings is 2. The minimum absolute atomic E-state index is 0. The van der Waals surface area contributed by atoms with Crippen molar-refractivity contribution in [2.75, 3.05) is 11.4 Å². The number of aryl methyl sites for hydroxylation is 1. The molecule has 0 aliphatic carbocycles. The fraction of sp³-hybridized carbons (Fsp3) is 0.150. The van der Waals surface area contributed by atoms with Crippen molar-refractivity contribution in [3.8, 4) is 0 Å². The third kappa shape index (κ3) is 4.37. The van der Waals surface area contributed by atoms with Gasteiger partial charge < -0.3 is 4.57 Å². The summed E-state index contributed by atoms with van der Waals surface area (Å²) in [5.74, 6) is -0.678. The van der Waals surface area contributed by atoms with Crippen LogP contribution in [0.15, 0.2) is 67.3 Å². The van der Waals surface area contributed by atoms with E-state index in [2.05, 4.69) is 9.97 Å². The Morgan fingerprint density at radius 3 is 2.79 bits per heavy atom. The van der Waals surface area contributed by atoms with E-state index in [1.807, 2.05) is 35.0 Å². The number of aromatic nitrogens is 3. The van der Waals surface area contributed by atoms with Crippen LogP contribution in [-0.2, 0) is 6.54 Å². The average Bonchev–Trinajstić information content (AvgIpc) is 3.34. The fourth-order valence-corrected chi connectivity index (χ4v) is 3.86. The highest BCUT2D eigenvalue weighted by Crippen LogP contribution is 2.29. The Morgan fingerprint density at radius 1 is 1.18 bits per heavy atom. The summed E-state index contributed by atoms with van der Waals surface area (Å²) in [6, 6.07) is 13.5. The summed E-state index contributed by atoms with van der Waals surface area (Å²) in [6.07, 6.45) is 6.09. The van der Waals surface area contributed by atoms with E-state index >= 15 is 0 Å². The number of imidazole rings is 1. The maximum atomic E-state index is 13.6. The van der Waals surface area contributed by atoms with Gasteiger partial charge >= 0.3 is 0 Å². The van der Waals surface area contributed by atoms with Crippen LogP contribution >= 0.6 is 23.7 Å². The second kappa shape index (κ2) is 8.95. The molecule has 0 saturated heterocycles. The third-order valence-corrected chi connectivity index (χ3v) is 5.25. The Kier molecular flexibility index (Phi) is 6.38. The van der Waals surface area contributed by atoms with E-state index < -0.39 is 5.82 Å². The summed E-state index contributed by atoms with van der Waals surface area (Å²) >= 11 is 1.46. The molecule has 0 aliphatic rings. The van der Waals surface area contributed by atoms with Gasteiger partial charge in [-0.1, -0.05) is 29.5 Å². The molecule has 0 bridgehead atoms. The summed E-state index contributed by atoms with van der Waals surface area (Å²) in [7, 11) is 0. The number of carbonyl (C=O) groups excluding carboxylic acids is 1. The van der Waals surface area contributed by atoms with Gasteiger partial charge in [-0.05, 0) is 36.8 Å². The Balaban J connectivity index is 0.00000225. The van der Waals surface area contributed by atoms with E-state index in [0.717, 1.165) is 23.2 Å². The molecule has 2 heterocycles. The van der Waals surface area contributed by atoms with E-state index in [1.165, 1.54) is 23.5 Å². The molecule has 28 heavy (non-hydrogen) atoms. The smallest absolute Gasteiger partial charge is 0.260 e. The van der Waals surface area contributed by atoms with Gasteiger partial charge in [0.05, 0.1) is 16.5 Å². The maximum absolute atomic E-state index is 13.6. The summed E-state index contributed by atoms with van der Waals surface area (Å²) in [6.45, 7) is 1.21. The van der Waals surface area contributed by atoms with Gasteiger partial charge in [-0.15, -0.1) is 12.4 Å². The standard InChI is InChI=1S/C20H17FN4OS.ClH/c21-16-6-3-5-15(13-16)19(26)25(11-4-10-24-12-9-22-14-24)20-23-17-7-1-2-8-18(17)27-20;/h1-3,5-9,12-14H,4,10-11H2;1H. The molecule has 0 N–H and O–H groups in total. The van der Waals surface area contributed by atoms with Crippen LogP contribution in [0.25, 0.3) is 10.2 Å². The molecular formula is C20H18ClFN4OS. The monoisotopic (exact) mass is 416 g/mol. The number of carbonyl (C=O) groups is 1. The third-order valence-electron chi connectivity index (χ3n) is 4.19. The second-order valence-electron chi connectivity index (χ2n) is 6.09. The van der Waals surface area contributed by atoms with Gasteiger partial charge in [-0.3, -0.25) is 9.69 Å². The molecule has 4 rings (SSSR count). The molecule has 0 aliphatic heterocycles. The van der Waals surface area contributed by atoms with Gasteiger partial charge in [-0.25, -0.2) is 14.4 Å². The van der Waals surface area contributed by atoms with Crippen LogP contribution in [0.2, 0.25) is 0 Å². The Morgan fingerprint density at radius 2 is 2.04 bits per heavy atom. The van der Waals surface area contributed by atoms with Crippen molar-refractivity contribution in [2.45, 2.75) is 13.0 Å². The number of hydrogen-bond acceptors (Lipinski definition) is 4. The summed E-state index contributed by atoms with van der Waals surface area (Å²) < 4.78 is 16.6. The van der Waals surface area contributed by atoms with Crippen LogP contribution < -0.4 is 4.90 Å². The van der Waals surface area contributed by atoms with Crippen LogP contribution in [0.5, 0.6) is 0 Å². The number of nitrogens with zero attached hydrogens (tertiary/aromatic N) is 4. The molecular weight excluding hydrogens is 399 g/mol. The van der Waals surface area contributed by atoms with Gasteiger partial charge in [0.25, 0.3) is 5.91 Å². The quantitative estimate of drug-likeness (QED) is 0.454. The molecule has 144 valence electrons. The predicted molar refractivity (Wildman–Crippen MR) is 112 cm³/mol. The molecule has 0 atom stereocenters. The molecule has 0 saturated carbocycles. The van der Waals surface area contributed by atoms with Crippen molar-refractivity contribution >= 4 is 45.0 Å². The molecule has 2 aromatic heterocycles. The molecule has 4 aromatic rings. The number of anilines is 1. The van der Waals surface area contributed by atoms with Crippen molar-refractivity contribution in [1.29, 1.82) is 0 Å². The number of halogens is 2. The van der Waals surface area contributed by atoms with Gasteiger partial charge in [0.1, 0.15) is 5.82 Å². The zero-order valence-corrected chi connectivity index (χ0v) is 16.5. The highest BCUT2D eigenvalue weighted by molar-refractivity contribution is 7.22. The highest BCUT2D eigenvalue weighted by Gasteiger charge is 2.21. The minimum Gasteiger partial charge on any atom is -0.337 e. The van der Waals surface area contributed by atoms with Gasteiger partial charge in [0, 0.05) is 31.0 Å². The Bertz CT molecular complexity index is 1030. The summed E-state index contributed by atoms with van der Waals surface area (Å²) in [5, 5.41) is 0.621. The van der Waals surface area contributed by atoms with Gasteiger partial charge in [0.15, 0.2) is 5.13 Å². The molecule has 8 heteroatoms. The lowest BCUT2D eigenvalue weighted by Crippen LogP contribution is -2.32. The minimum atomic E-state index is -0.427. The second-order valence-corrected chi connectivity index (χ2v) is 7.09. The number of hydrogen-bond donors (Lipinski definition) is 0. The normalized spacial score (nSPS) is 10.6. The lowest BCUT2D eigenvalue weighted by molar-refractivity contribution is 0.0986. The fourth-order valence-electron chi connectivity index (χ4n) is 2.87. The first kappa shape index (κ1) is 20.0. The topological polar surface area (TPSA) is 51.0 Å². The van der Waals surface area contributed by atoms with Crippen molar-refractivity contribution in [3.63, 3.8) is 0 Å².